The van der Waals surface area contributed by atoms with E-state index in [1.54, 1.807) is 54.6 Å². The zero-order valence-electron chi connectivity index (χ0n) is 28.2. The van der Waals surface area contributed by atoms with E-state index in [0.717, 1.165) is 24.5 Å². The van der Waals surface area contributed by atoms with E-state index >= 15 is 0 Å². The van der Waals surface area contributed by atoms with Gasteiger partial charge in [-0.25, -0.2) is 0 Å². The third kappa shape index (κ3) is 7.42. The molecule has 2 unspecified atom stereocenters. The molecule has 5 rings (SSSR count). The molecule has 1 heterocycles. The number of benzene rings is 4. The van der Waals surface area contributed by atoms with Crippen molar-refractivity contribution in [3.05, 3.63) is 131 Å². The summed E-state index contributed by atoms with van der Waals surface area (Å²) in [6, 6.07) is 26.6. The van der Waals surface area contributed by atoms with E-state index in [-0.39, 0.29) is 41.2 Å². The van der Waals surface area contributed by atoms with Gasteiger partial charge in [0.15, 0.2) is 5.78 Å². The topological polar surface area (TPSA) is 76.5 Å². The number of hydrogen-bond acceptors (Lipinski definition) is 4. The van der Waals surface area contributed by atoms with Gasteiger partial charge in [0.05, 0.1) is 11.1 Å². The third-order valence-corrected chi connectivity index (χ3v) is 9.09. The van der Waals surface area contributed by atoms with Crippen LogP contribution in [-0.2, 0) is 23.0 Å². The molecule has 5 nitrogen and oxygen atoms in total. The number of rotatable bonds is 12. The van der Waals surface area contributed by atoms with Crippen molar-refractivity contribution in [3.8, 4) is 28.7 Å². The number of ketones is 1. The molecule has 0 aliphatic heterocycles. The molecule has 0 bridgehead atoms. The lowest BCUT2D eigenvalue weighted by Crippen LogP contribution is -2.42. The zero-order chi connectivity index (χ0) is 35.9. The molecule has 0 radical (unpaired) electrons. The van der Waals surface area contributed by atoms with Crippen LogP contribution in [0.25, 0.3) is 22.0 Å². The zero-order valence-corrected chi connectivity index (χ0v) is 28.2. The predicted octanol–water partition coefficient (Wildman–Crippen LogP) is 10.3. The molecule has 0 aliphatic rings. The minimum atomic E-state index is -4.64. The number of ether oxygens (including phenoxy) is 1. The van der Waals surface area contributed by atoms with Gasteiger partial charge < -0.3 is 9.84 Å². The number of carboxylic acids is 1. The number of para-hydroxylation sites is 1. The van der Waals surface area contributed by atoms with E-state index in [2.05, 4.69) is 16.8 Å². The largest absolute Gasteiger partial charge is 0.489 e. The van der Waals surface area contributed by atoms with E-state index in [4.69, 9.17) is 4.74 Å². The first-order chi connectivity index (χ1) is 24.0. The van der Waals surface area contributed by atoms with Gasteiger partial charge in [-0.3, -0.25) is 14.6 Å². The molecule has 2 atom stereocenters. The highest BCUT2D eigenvalue weighted by Crippen LogP contribution is 2.41. The number of pyridine rings is 1. The Kier molecular flexibility index (Phi) is 11.1. The number of alkyl halides is 3. The fraction of sp³-hybridized carbons (Fsp3) is 0.262. The second-order valence-corrected chi connectivity index (χ2v) is 12.3. The summed E-state index contributed by atoms with van der Waals surface area (Å²) in [5.41, 5.74) is 0.544. The standard InChI is InChI=1S/C42H38F3NO4/c1-4-6-10-24-41(40(48)49,28(3)13-5-2)32-22-20-29(21-23-32)27-50-33-17-11-16-31(25-33)37-34-18-12-19-36(42(43,44)45)38(34)46-26-35(37)39(47)30-14-8-7-9-15-30/h7-9,11-12,14-23,25-26,28H,4-5,13,24,27H2,1-3H3,(H,48,49). The maximum atomic E-state index is 14.0. The van der Waals surface area contributed by atoms with Gasteiger partial charge in [-0.1, -0.05) is 106 Å². The maximum Gasteiger partial charge on any atom is 0.418 e. The Hall–Kier alpha value is -5.42. The number of carbonyl (C=O) groups excluding carboxylic acids is 1. The fourth-order valence-corrected chi connectivity index (χ4v) is 6.46. The first kappa shape index (κ1) is 35.9. The smallest absolute Gasteiger partial charge is 0.418 e. The lowest BCUT2D eigenvalue weighted by molar-refractivity contribution is -0.146. The number of aliphatic carboxylic acids is 1. The summed E-state index contributed by atoms with van der Waals surface area (Å²) in [6.07, 6.45) is -0.984. The monoisotopic (exact) mass is 677 g/mol. The van der Waals surface area contributed by atoms with E-state index in [9.17, 15) is 27.9 Å². The number of carboxylic acid groups (broad SMARTS) is 1. The van der Waals surface area contributed by atoms with Gasteiger partial charge in [0, 0.05) is 41.1 Å². The fourth-order valence-electron chi connectivity index (χ4n) is 6.46. The van der Waals surface area contributed by atoms with E-state index in [1.807, 2.05) is 45.0 Å². The summed E-state index contributed by atoms with van der Waals surface area (Å²) >= 11 is 0. The molecular weight excluding hydrogens is 639 g/mol. The second-order valence-electron chi connectivity index (χ2n) is 12.3. The molecule has 0 amide bonds. The minimum absolute atomic E-state index is 0.142. The Morgan fingerprint density at radius 3 is 2.28 bits per heavy atom. The first-order valence-corrected chi connectivity index (χ1v) is 16.6. The van der Waals surface area contributed by atoms with Gasteiger partial charge in [0.25, 0.3) is 0 Å². The van der Waals surface area contributed by atoms with E-state index < -0.39 is 23.1 Å². The SMILES string of the molecule is CCC#CCC(C(=O)O)(c1ccc(COc2cccc(-c3c(C(=O)c4ccccc4)cnc4c(C(F)(F)F)cccc34)c2)cc1)C(C)CCC. The van der Waals surface area contributed by atoms with Gasteiger partial charge in [0.1, 0.15) is 17.8 Å². The summed E-state index contributed by atoms with van der Waals surface area (Å²) in [5.74, 6) is 5.13. The van der Waals surface area contributed by atoms with Crippen LogP contribution in [0.4, 0.5) is 13.2 Å². The minimum Gasteiger partial charge on any atom is -0.489 e. The number of fused-ring (bicyclic) bond motifs is 1. The van der Waals surface area contributed by atoms with Crippen molar-refractivity contribution >= 4 is 22.7 Å². The van der Waals surface area contributed by atoms with Gasteiger partial charge in [-0.15, -0.1) is 11.8 Å². The van der Waals surface area contributed by atoms with Crippen molar-refractivity contribution in [3.63, 3.8) is 0 Å². The summed E-state index contributed by atoms with van der Waals surface area (Å²) in [5, 5.41) is 10.7. The van der Waals surface area contributed by atoms with Gasteiger partial charge in [0.2, 0.25) is 0 Å². The lowest BCUT2D eigenvalue weighted by atomic mass is 9.67. The van der Waals surface area contributed by atoms with Crippen molar-refractivity contribution in [1.82, 2.24) is 4.98 Å². The van der Waals surface area contributed by atoms with E-state index in [1.165, 1.54) is 18.3 Å². The molecule has 50 heavy (non-hydrogen) atoms. The van der Waals surface area contributed by atoms with Crippen LogP contribution in [0.1, 0.15) is 79.1 Å². The number of aromatic nitrogens is 1. The molecule has 0 aliphatic carbocycles. The van der Waals surface area contributed by atoms with Crippen molar-refractivity contribution in [2.75, 3.05) is 0 Å². The van der Waals surface area contributed by atoms with Crippen LogP contribution in [0.2, 0.25) is 0 Å². The Bertz CT molecular complexity index is 2050. The molecule has 0 fully saturated rings. The van der Waals surface area contributed by atoms with Crippen LogP contribution in [0.15, 0.2) is 103 Å². The summed E-state index contributed by atoms with van der Waals surface area (Å²) < 4.78 is 48.2. The van der Waals surface area contributed by atoms with Crippen LogP contribution in [0.3, 0.4) is 0 Å². The number of halogens is 3. The molecule has 0 saturated heterocycles. The molecule has 256 valence electrons. The molecular formula is C42H38F3NO4. The number of carbonyl (C=O) groups is 2. The van der Waals surface area contributed by atoms with Crippen LogP contribution in [-0.4, -0.2) is 21.8 Å². The second kappa shape index (κ2) is 15.4. The molecule has 5 aromatic rings. The highest BCUT2D eigenvalue weighted by molar-refractivity contribution is 6.16. The Morgan fingerprint density at radius 1 is 0.900 bits per heavy atom. The van der Waals surface area contributed by atoms with Crippen molar-refractivity contribution in [1.29, 1.82) is 0 Å². The van der Waals surface area contributed by atoms with E-state index in [0.29, 0.717) is 34.4 Å². The van der Waals surface area contributed by atoms with Crippen molar-refractivity contribution < 1.29 is 32.6 Å². The van der Waals surface area contributed by atoms with Gasteiger partial charge >= 0.3 is 12.1 Å². The summed E-state index contributed by atoms with van der Waals surface area (Å²) in [7, 11) is 0. The van der Waals surface area contributed by atoms with Crippen LogP contribution >= 0.6 is 0 Å². The predicted molar refractivity (Wildman–Crippen MR) is 189 cm³/mol. The first-order valence-electron chi connectivity index (χ1n) is 16.6. The summed E-state index contributed by atoms with van der Waals surface area (Å²) in [4.78, 5) is 30.7. The molecule has 8 heteroatoms. The highest BCUT2D eigenvalue weighted by atomic mass is 19.4. The Balaban J connectivity index is 1.49. The van der Waals surface area contributed by atoms with Crippen LogP contribution in [0, 0.1) is 17.8 Å². The van der Waals surface area contributed by atoms with Gasteiger partial charge in [-0.2, -0.15) is 13.2 Å². The molecule has 1 N–H and O–H groups in total. The average Bonchev–Trinajstić information content (AvgIpc) is 3.12. The number of nitrogens with zero attached hydrogens (tertiary/aromatic N) is 1. The summed E-state index contributed by atoms with van der Waals surface area (Å²) in [6.45, 7) is 6.08. The Morgan fingerprint density at radius 2 is 1.62 bits per heavy atom. The molecule has 1 aromatic heterocycles. The third-order valence-electron chi connectivity index (χ3n) is 9.09. The highest BCUT2D eigenvalue weighted by Gasteiger charge is 2.44. The average molecular weight is 678 g/mol. The van der Waals surface area contributed by atoms with Crippen LogP contribution < -0.4 is 4.74 Å². The Labute approximate surface area is 290 Å². The van der Waals surface area contributed by atoms with Crippen LogP contribution in [0.5, 0.6) is 5.75 Å². The molecule has 0 spiro atoms. The maximum absolute atomic E-state index is 14.0. The van der Waals surface area contributed by atoms with Gasteiger partial charge in [-0.05, 0) is 47.2 Å². The van der Waals surface area contributed by atoms with Crippen molar-refractivity contribution in [2.24, 2.45) is 5.92 Å². The number of hydrogen-bond donors (Lipinski definition) is 1. The quantitative estimate of drug-likeness (QED) is 0.105. The normalized spacial score (nSPS) is 13.2. The molecule has 4 aromatic carbocycles. The van der Waals surface area contributed by atoms with Crippen molar-refractivity contribution in [2.45, 2.75) is 64.7 Å². The molecule has 0 saturated carbocycles. The lowest BCUT2D eigenvalue weighted by Gasteiger charge is -2.34.